The van der Waals surface area contributed by atoms with Crippen LogP contribution < -0.4 is 15.9 Å². The lowest BCUT2D eigenvalue weighted by molar-refractivity contribution is -0.154. The quantitative estimate of drug-likeness (QED) is 0.212. The molecule has 1 atom stereocenters. The number of anilines is 2. The van der Waals surface area contributed by atoms with Gasteiger partial charge < -0.3 is 0 Å². The van der Waals surface area contributed by atoms with Crippen molar-refractivity contribution in [1.82, 2.24) is 25.5 Å². The smallest absolute Gasteiger partial charge is 0.243 e. The van der Waals surface area contributed by atoms with Crippen LogP contribution in [0, 0.1) is 17.7 Å². The lowest BCUT2D eigenvalue weighted by Crippen LogP contribution is -2.41. The number of hydrogen-bond acceptors (Lipinski definition) is 8. The van der Waals surface area contributed by atoms with Gasteiger partial charge in [0.2, 0.25) is 23.4 Å². The molecule has 0 radical (unpaired) electrons. The third kappa shape index (κ3) is 5.92. The number of nitrogens with one attached hydrogen (secondary N) is 2. The van der Waals surface area contributed by atoms with Crippen molar-refractivity contribution in [2.75, 3.05) is 36.6 Å². The number of carbonyl (C=O) groups excluding carboxylic acids is 2. The molecule has 0 unspecified atom stereocenters. The molecule has 172 valence electrons. The zero-order chi connectivity index (χ0) is 22.4. The first-order chi connectivity index (χ1) is 14.9. The number of halogens is 2. The highest BCUT2D eigenvalue weighted by Gasteiger charge is 2.29. The highest BCUT2D eigenvalue weighted by atomic mass is 35.5. The highest BCUT2D eigenvalue weighted by molar-refractivity contribution is 6.28. The van der Waals surface area contributed by atoms with Gasteiger partial charge in [-0.15, -0.1) is 0 Å². The molecule has 1 saturated heterocycles. The molecule has 1 aliphatic heterocycles. The van der Waals surface area contributed by atoms with E-state index in [1.54, 1.807) is 5.01 Å². The van der Waals surface area contributed by atoms with Crippen LogP contribution in [0.15, 0.2) is 0 Å². The summed E-state index contributed by atoms with van der Waals surface area (Å²) in [6, 6.07) is 0. The van der Waals surface area contributed by atoms with E-state index in [0.717, 1.165) is 38.6 Å². The van der Waals surface area contributed by atoms with Crippen molar-refractivity contribution < 1.29 is 19.2 Å². The Kier molecular flexibility index (Phi) is 8.22. The normalized spacial score (nSPS) is 18.3. The fourth-order valence-corrected chi connectivity index (χ4v) is 4.47. The molecule has 31 heavy (non-hydrogen) atoms. The predicted octanol–water partition coefficient (Wildman–Crippen LogP) is 2.20. The van der Waals surface area contributed by atoms with Gasteiger partial charge in [-0.25, -0.2) is 10.1 Å². The molecule has 2 fully saturated rings. The van der Waals surface area contributed by atoms with Gasteiger partial charge in [0.1, 0.15) is 0 Å². The van der Waals surface area contributed by atoms with Crippen LogP contribution in [0.2, 0.25) is 5.28 Å². The van der Waals surface area contributed by atoms with Crippen LogP contribution >= 0.6 is 11.6 Å². The number of rotatable bonds is 10. The van der Waals surface area contributed by atoms with E-state index in [1.807, 2.05) is 11.9 Å². The molecule has 1 aromatic heterocycles. The molecular weight excluding hydrogens is 429 g/mol. The molecule has 2 amide bonds. The van der Waals surface area contributed by atoms with E-state index in [1.165, 1.54) is 0 Å². The topological polar surface area (TPSA) is 114 Å². The van der Waals surface area contributed by atoms with Crippen LogP contribution in [0.4, 0.5) is 16.0 Å². The van der Waals surface area contributed by atoms with E-state index in [0.29, 0.717) is 30.5 Å². The van der Waals surface area contributed by atoms with Crippen LogP contribution in [-0.4, -0.2) is 63.7 Å². The van der Waals surface area contributed by atoms with Gasteiger partial charge in [0.15, 0.2) is 11.6 Å². The Morgan fingerprint density at radius 3 is 2.77 bits per heavy atom. The van der Waals surface area contributed by atoms with E-state index < -0.39 is 17.6 Å². The molecular formula is C19H29ClFN7O3. The lowest BCUT2D eigenvalue weighted by atomic mass is 9.92. The first-order valence-electron chi connectivity index (χ1n) is 10.6. The van der Waals surface area contributed by atoms with Gasteiger partial charge in [-0.05, 0) is 30.4 Å². The molecule has 10 nitrogen and oxygen atoms in total. The third-order valence-corrected chi connectivity index (χ3v) is 6.01. The summed E-state index contributed by atoms with van der Waals surface area (Å²) in [6.07, 6.45) is 5.87. The second-order valence-corrected chi connectivity index (χ2v) is 8.26. The first kappa shape index (κ1) is 23.4. The zero-order valence-electron chi connectivity index (χ0n) is 17.6. The van der Waals surface area contributed by atoms with Crippen molar-refractivity contribution in [1.29, 1.82) is 0 Å². The molecule has 0 spiro atoms. The van der Waals surface area contributed by atoms with E-state index in [9.17, 15) is 14.8 Å². The Morgan fingerprint density at radius 1 is 1.35 bits per heavy atom. The van der Waals surface area contributed by atoms with Gasteiger partial charge in [-0.1, -0.05) is 32.6 Å². The standard InChI is InChI=1S/C19H29ClFN7O3/c1-2-26-8-5-9-28(26)17-15(21)16(22-19(20)23-17)24-25-18(30)14(11-27(31)12-29)10-13-6-3-4-7-13/h12-14,31H,2-11H2,1H3,(H,25,30)(H,22,23,24)/t14-/m1/s1. The van der Waals surface area contributed by atoms with Crippen molar-refractivity contribution in [2.45, 2.75) is 45.4 Å². The number of amides is 2. The average Bonchev–Trinajstić information content (AvgIpc) is 3.44. The second-order valence-electron chi connectivity index (χ2n) is 7.93. The maximum atomic E-state index is 15.1. The van der Waals surface area contributed by atoms with E-state index in [4.69, 9.17) is 11.6 Å². The Balaban J connectivity index is 1.70. The molecule has 1 saturated carbocycles. The summed E-state index contributed by atoms with van der Waals surface area (Å²) < 4.78 is 15.1. The number of aromatic nitrogens is 2. The Hall–Kier alpha value is -2.24. The number of carbonyl (C=O) groups is 2. The van der Waals surface area contributed by atoms with Gasteiger partial charge >= 0.3 is 0 Å². The summed E-state index contributed by atoms with van der Waals surface area (Å²) in [5.74, 6) is -1.71. The Bertz CT molecular complexity index is 781. The van der Waals surface area contributed by atoms with E-state index in [-0.39, 0.29) is 29.9 Å². The zero-order valence-corrected chi connectivity index (χ0v) is 18.3. The third-order valence-electron chi connectivity index (χ3n) is 5.84. The largest absolute Gasteiger partial charge is 0.287 e. The summed E-state index contributed by atoms with van der Waals surface area (Å²) in [4.78, 5) is 31.4. The van der Waals surface area contributed by atoms with Crippen LogP contribution in [0.5, 0.6) is 0 Å². The summed E-state index contributed by atoms with van der Waals surface area (Å²) in [5, 5.41) is 13.5. The maximum absolute atomic E-state index is 15.1. The molecule has 1 aromatic rings. The van der Waals surface area contributed by atoms with Crippen molar-refractivity contribution in [3.63, 3.8) is 0 Å². The molecule has 3 N–H and O–H groups in total. The van der Waals surface area contributed by atoms with Crippen molar-refractivity contribution in [2.24, 2.45) is 11.8 Å². The highest BCUT2D eigenvalue weighted by Crippen LogP contribution is 2.31. The average molecular weight is 458 g/mol. The minimum Gasteiger partial charge on any atom is -0.287 e. The molecule has 12 heteroatoms. The lowest BCUT2D eigenvalue weighted by Gasteiger charge is -2.28. The summed E-state index contributed by atoms with van der Waals surface area (Å²) in [5.41, 5.74) is 4.95. The SMILES string of the molecule is CCN1CCCN1c1nc(Cl)nc(NNC(=O)[C@H](CC2CCCC2)CN(O)C=O)c1F. The second kappa shape index (κ2) is 10.9. The molecule has 3 rings (SSSR count). The number of nitrogens with zero attached hydrogens (tertiary/aromatic N) is 5. The summed E-state index contributed by atoms with van der Waals surface area (Å²) >= 11 is 6.00. The summed E-state index contributed by atoms with van der Waals surface area (Å²) in [6.45, 7) is 3.90. The molecule has 0 aromatic carbocycles. The van der Waals surface area contributed by atoms with Gasteiger partial charge in [0.05, 0.1) is 12.5 Å². The van der Waals surface area contributed by atoms with Crippen LogP contribution in [0.1, 0.15) is 45.4 Å². The van der Waals surface area contributed by atoms with Gasteiger partial charge in [0.25, 0.3) is 0 Å². The number of hydroxylamine groups is 2. The Morgan fingerprint density at radius 2 is 2.10 bits per heavy atom. The summed E-state index contributed by atoms with van der Waals surface area (Å²) in [7, 11) is 0. The van der Waals surface area contributed by atoms with E-state index >= 15 is 4.39 Å². The van der Waals surface area contributed by atoms with Gasteiger partial charge in [-0.3, -0.25) is 30.7 Å². The van der Waals surface area contributed by atoms with Crippen LogP contribution in [0.25, 0.3) is 0 Å². The van der Waals surface area contributed by atoms with Crippen molar-refractivity contribution >= 4 is 35.6 Å². The van der Waals surface area contributed by atoms with Gasteiger partial charge in [-0.2, -0.15) is 14.4 Å². The first-order valence-corrected chi connectivity index (χ1v) is 11.0. The number of hydrogen-bond donors (Lipinski definition) is 3. The molecule has 1 aliphatic carbocycles. The monoisotopic (exact) mass is 457 g/mol. The number of hydrazine groups is 2. The maximum Gasteiger partial charge on any atom is 0.243 e. The van der Waals surface area contributed by atoms with E-state index in [2.05, 4.69) is 20.8 Å². The fraction of sp³-hybridized carbons (Fsp3) is 0.684. The molecule has 0 bridgehead atoms. The molecule has 2 heterocycles. The van der Waals surface area contributed by atoms with Crippen molar-refractivity contribution in [3.05, 3.63) is 11.1 Å². The van der Waals surface area contributed by atoms with Crippen LogP contribution in [0.3, 0.4) is 0 Å². The molecule has 2 aliphatic rings. The van der Waals surface area contributed by atoms with Crippen molar-refractivity contribution in [3.8, 4) is 0 Å². The van der Waals surface area contributed by atoms with Crippen LogP contribution in [-0.2, 0) is 9.59 Å². The Labute approximate surface area is 185 Å². The predicted molar refractivity (Wildman–Crippen MR) is 113 cm³/mol. The minimum absolute atomic E-state index is 0.0427. The fourth-order valence-electron chi connectivity index (χ4n) is 4.30. The van der Waals surface area contributed by atoms with Gasteiger partial charge in [0, 0.05) is 19.6 Å². The minimum atomic E-state index is -0.728.